The SMILES string of the molecule is Nc1c(-c2ccc(F)cc2)cnc2nc(SCc3c(Cl)cccc3Cl)nn12. The van der Waals surface area contributed by atoms with Gasteiger partial charge in [-0.3, -0.25) is 0 Å². The van der Waals surface area contributed by atoms with Crippen LogP contribution in [0.1, 0.15) is 5.56 Å². The Kier molecular flexibility index (Phi) is 4.90. The molecule has 2 N–H and O–H groups in total. The molecule has 4 rings (SSSR count). The first-order chi connectivity index (χ1) is 13.0. The highest BCUT2D eigenvalue weighted by Crippen LogP contribution is 2.31. The van der Waals surface area contributed by atoms with Gasteiger partial charge in [0.05, 0.1) is 0 Å². The number of nitrogen functional groups attached to an aromatic ring is 1. The number of rotatable bonds is 4. The molecule has 4 aromatic rings. The molecule has 0 atom stereocenters. The van der Waals surface area contributed by atoms with E-state index in [4.69, 9.17) is 28.9 Å². The number of anilines is 1. The first kappa shape index (κ1) is 18.0. The number of benzene rings is 2. The fourth-order valence-electron chi connectivity index (χ4n) is 2.55. The molecule has 0 saturated carbocycles. The summed E-state index contributed by atoms with van der Waals surface area (Å²) in [4.78, 5) is 8.68. The van der Waals surface area contributed by atoms with Crippen LogP contribution in [0.2, 0.25) is 10.0 Å². The Balaban J connectivity index is 1.64. The van der Waals surface area contributed by atoms with Crippen LogP contribution in [0.4, 0.5) is 10.2 Å². The molecule has 0 unspecified atom stereocenters. The minimum atomic E-state index is -0.316. The van der Waals surface area contributed by atoms with E-state index in [0.717, 1.165) is 11.1 Å². The zero-order valence-electron chi connectivity index (χ0n) is 13.7. The zero-order chi connectivity index (χ0) is 19.0. The summed E-state index contributed by atoms with van der Waals surface area (Å²) in [6, 6.07) is 11.4. The molecule has 0 fully saturated rings. The maximum absolute atomic E-state index is 13.1. The molecule has 2 heterocycles. The molecule has 0 amide bonds. The van der Waals surface area contributed by atoms with Gasteiger partial charge in [-0.05, 0) is 35.4 Å². The Labute approximate surface area is 168 Å². The smallest absolute Gasteiger partial charge is 0.255 e. The number of hydrogen-bond acceptors (Lipinski definition) is 5. The van der Waals surface area contributed by atoms with E-state index in [1.165, 1.54) is 28.4 Å². The molecule has 0 bridgehead atoms. The second-order valence-electron chi connectivity index (χ2n) is 5.66. The number of nitrogens with zero attached hydrogens (tertiary/aromatic N) is 4. The normalized spacial score (nSPS) is 11.2. The average molecular weight is 420 g/mol. The van der Waals surface area contributed by atoms with Crippen LogP contribution in [-0.4, -0.2) is 19.6 Å². The van der Waals surface area contributed by atoms with Crippen molar-refractivity contribution in [2.45, 2.75) is 10.9 Å². The van der Waals surface area contributed by atoms with Crippen molar-refractivity contribution in [1.29, 1.82) is 0 Å². The molecule has 0 aliphatic rings. The fraction of sp³-hybridized carbons (Fsp3) is 0.0556. The molecule has 0 aliphatic heterocycles. The Morgan fingerprint density at radius 3 is 2.48 bits per heavy atom. The molecule has 0 aliphatic carbocycles. The monoisotopic (exact) mass is 419 g/mol. The average Bonchev–Trinajstić information content (AvgIpc) is 3.07. The molecule has 27 heavy (non-hydrogen) atoms. The van der Waals surface area contributed by atoms with Gasteiger partial charge in [0.1, 0.15) is 11.6 Å². The van der Waals surface area contributed by atoms with Gasteiger partial charge in [0.2, 0.25) is 5.16 Å². The van der Waals surface area contributed by atoms with E-state index in [-0.39, 0.29) is 5.82 Å². The lowest BCUT2D eigenvalue weighted by molar-refractivity contribution is 0.628. The minimum Gasteiger partial charge on any atom is -0.383 e. The zero-order valence-corrected chi connectivity index (χ0v) is 16.1. The van der Waals surface area contributed by atoms with Crippen LogP contribution in [-0.2, 0) is 5.75 Å². The number of nitrogens with two attached hydrogens (primary N) is 1. The number of thioether (sulfide) groups is 1. The molecule has 0 radical (unpaired) electrons. The van der Waals surface area contributed by atoms with E-state index < -0.39 is 0 Å². The third kappa shape index (κ3) is 3.58. The van der Waals surface area contributed by atoms with Gasteiger partial charge in [-0.1, -0.05) is 53.2 Å². The van der Waals surface area contributed by atoms with E-state index >= 15 is 0 Å². The van der Waals surface area contributed by atoms with Gasteiger partial charge in [-0.15, -0.1) is 5.10 Å². The summed E-state index contributed by atoms with van der Waals surface area (Å²) >= 11 is 13.8. The van der Waals surface area contributed by atoms with E-state index in [9.17, 15) is 4.39 Å². The lowest BCUT2D eigenvalue weighted by Gasteiger charge is -2.06. The summed E-state index contributed by atoms with van der Waals surface area (Å²) in [5.74, 6) is 0.956. The Morgan fingerprint density at radius 1 is 1.07 bits per heavy atom. The van der Waals surface area contributed by atoms with Crippen LogP contribution in [0.3, 0.4) is 0 Å². The fourth-order valence-corrected chi connectivity index (χ4v) is 4.11. The first-order valence-electron chi connectivity index (χ1n) is 7.86. The summed E-state index contributed by atoms with van der Waals surface area (Å²) in [6.07, 6.45) is 1.60. The van der Waals surface area contributed by atoms with Crippen LogP contribution < -0.4 is 5.73 Å². The van der Waals surface area contributed by atoms with Gasteiger partial charge in [-0.25, -0.2) is 9.37 Å². The van der Waals surface area contributed by atoms with Crippen molar-refractivity contribution in [2.75, 3.05) is 5.73 Å². The number of halogens is 3. The molecule has 5 nitrogen and oxygen atoms in total. The van der Waals surface area contributed by atoms with Crippen LogP contribution in [0.5, 0.6) is 0 Å². The van der Waals surface area contributed by atoms with Gasteiger partial charge in [0, 0.05) is 27.6 Å². The second kappa shape index (κ2) is 7.34. The third-order valence-electron chi connectivity index (χ3n) is 3.95. The van der Waals surface area contributed by atoms with Crippen molar-refractivity contribution < 1.29 is 4.39 Å². The van der Waals surface area contributed by atoms with Gasteiger partial charge in [0.25, 0.3) is 5.78 Å². The van der Waals surface area contributed by atoms with Gasteiger partial charge >= 0.3 is 0 Å². The van der Waals surface area contributed by atoms with Crippen molar-refractivity contribution in [2.24, 2.45) is 0 Å². The van der Waals surface area contributed by atoms with Crippen LogP contribution in [0.15, 0.2) is 53.8 Å². The Hall–Kier alpha value is -2.35. The summed E-state index contributed by atoms with van der Waals surface area (Å²) in [7, 11) is 0. The molecule has 2 aromatic carbocycles. The summed E-state index contributed by atoms with van der Waals surface area (Å²) < 4.78 is 14.6. The molecule has 2 aromatic heterocycles. The molecule has 0 spiro atoms. The predicted molar refractivity (Wildman–Crippen MR) is 107 cm³/mol. The van der Waals surface area contributed by atoms with Gasteiger partial charge in [0.15, 0.2) is 0 Å². The van der Waals surface area contributed by atoms with Crippen molar-refractivity contribution in [3.63, 3.8) is 0 Å². The van der Waals surface area contributed by atoms with Gasteiger partial charge in [-0.2, -0.15) is 9.50 Å². The summed E-state index contributed by atoms with van der Waals surface area (Å²) in [5, 5.41) is 6.10. The number of aromatic nitrogens is 4. The highest BCUT2D eigenvalue weighted by Gasteiger charge is 2.14. The van der Waals surface area contributed by atoms with Crippen LogP contribution >= 0.6 is 35.0 Å². The van der Waals surface area contributed by atoms with E-state index in [2.05, 4.69) is 15.1 Å². The molecular formula is C18H12Cl2FN5S. The van der Waals surface area contributed by atoms with Crippen molar-refractivity contribution in [1.82, 2.24) is 19.6 Å². The maximum Gasteiger partial charge on any atom is 0.255 e. The standard InChI is InChI=1S/C18H12Cl2FN5S/c19-14-2-1-3-15(20)13(14)9-27-18-24-17-23-8-12(16(22)26(17)25-18)10-4-6-11(21)7-5-10/h1-8H,9,22H2. The highest BCUT2D eigenvalue weighted by molar-refractivity contribution is 7.98. The lowest BCUT2D eigenvalue weighted by atomic mass is 10.1. The summed E-state index contributed by atoms with van der Waals surface area (Å²) in [5.41, 5.74) is 8.45. The molecule has 0 saturated heterocycles. The maximum atomic E-state index is 13.1. The second-order valence-corrected chi connectivity index (χ2v) is 7.42. The Bertz CT molecular complexity index is 1110. The summed E-state index contributed by atoms with van der Waals surface area (Å²) in [6.45, 7) is 0. The third-order valence-corrected chi connectivity index (χ3v) is 5.52. The Morgan fingerprint density at radius 2 is 1.78 bits per heavy atom. The van der Waals surface area contributed by atoms with E-state index in [1.54, 1.807) is 36.5 Å². The van der Waals surface area contributed by atoms with E-state index in [0.29, 0.717) is 38.1 Å². The van der Waals surface area contributed by atoms with E-state index in [1.807, 2.05) is 0 Å². The number of hydrogen-bond donors (Lipinski definition) is 1. The highest BCUT2D eigenvalue weighted by atomic mass is 35.5. The van der Waals surface area contributed by atoms with Crippen molar-refractivity contribution in [3.05, 3.63) is 70.1 Å². The van der Waals surface area contributed by atoms with Crippen molar-refractivity contribution >= 4 is 46.6 Å². The molecule has 9 heteroatoms. The molecular weight excluding hydrogens is 408 g/mol. The topological polar surface area (TPSA) is 69.1 Å². The predicted octanol–water partition coefficient (Wildman–Crippen LogP) is 5.11. The lowest BCUT2D eigenvalue weighted by Crippen LogP contribution is -2.02. The van der Waals surface area contributed by atoms with Gasteiger partial charge < -0.3 is 5.73 Å². The number of fused-ring (bicyclic) bond motifs is 1. The first-order valence-corrected chi connectivity index (χ1v) is 9.60. The molecule has 136 valence electrons. The van der Waals surface area contributed by atoms with Crippen molar-refractivity contribution in [3.8, 4) is 11.1 Å². The van der Waals surface area contributed by atoms with Crippen LogP contribution in [0, 0.1) is 5.82 Å². The van der Waals surface area contributed by atoms with Crippen LogP contribution in [0.25, 0.3) is 16.9 Å². The largest absolute Gasteiger partial charge is 0.383 e. The quantitative estimate of drug-likeness (QED) is 0.465. The minimum absolute atomic E-state index is 0.316.